The number of hydrogen-bond acceptors (Lipinski definition) is 2. The smallest absolute Gasteiger partial charge is 0.339 e. The van der Waals surface area contributed by atoms with E-state index in [1.54, 1.807) is 4.90 Å². The van der Waals surface area contributed by atoms with Crippen LogP contribution in [0.5, 0.6) is 0 Å². The minimum atomic E-state index is -4.38. The van der Waals surface area contributed by atoms with Crippen molar-refractivity contribution in [2.45, 2.75) is 25.9 Å². The molecule has 1 rings (SSSR count). The highest BCUT2D eigenvalue weighted by molar-refractivity contribution is 5.94. The minimum Gasteiger partial charge on any atom is -0.339 e. The average molecular weight is 288 g/mol. The maximum absolute atomic E-state index is 12.5. The van der Waals surface area contributed by atoms with Gasteiger partial charge in [-0.25, -0.2) is 0 Å². The lowest BCUT2D eigenvalue weighted by Crippen LogP contribution is -2.33. The first-order chi connectivity index (χ1) is 9.40. The van der Waals surface area contributed by atoms with Crippen molar-refractivity contribution in [3.8, 4) is 0 Å². The number of hydrogen-bond donors (Lipinski definition) is 1. The van der Waals surface area contributed by atoms with Gasteiger partial charge in [0.2, 0.25) is 0 Å². The second-order valence-corrected chi connectivity index (χ2v) is 4.51. The van der Waals surface area contributed by atoms with E-state index in [0.717, 1.165) is 18.6 Å². The van der Waals surface area contributed by atoms with Crippen LogP contribution in [-0.2, 0) is 6.18 Å². The molecule has 0 saturated carbocycles. The molecular formula is C14H19F3N2O. The molecule has 20 heavy (non-hydrogen) atoms. The second-order valence-electron chi connectivity index (χ2n) is 4.51. The lowest BCUT2D eigenvalue weighted by atomic mass is 10.1. The van der Waals surface area contributed by atoms with E-state index >= 15 is 0 Å². The van der Waals surface area contributed by atoms with E-state index in [2.05, 4.69) is 0 Å². The number of carbonyl (C=O) groups is 1. The summed E-state index contributed by atoms with van der Waals surface area (Å²) in [6, 6.07) is 4.30. The van der Waals surface area contributed by atoms with E-state index in [0.29, 0.717) is 26.1 Å². The topological polar surface area (TPSA) is 46.3 Å². The van der Waals surface area contributed by atoms with E-state index in [1.165, 1.54) is 12.1 Å². The zero-order chi connectivity index (χ0) is 15.2. The zero-order valence-electron chi connectivity index (χ0n) is 11.4. The number of carbonyl (C=O) groups excluding carboxylic acids is 1. The molecule has 0 heterocycles. The first-order valence-electron chi connectivity index (χ1n) is 6.56. The molecule has 1 aromatic carbocycles. The molecule has 0 atom stereocenters. The van der Waals surface area contributed by atoms with Gasteiger partial charge in [-0.2, -0.15) is 13.2 Å². The summed E-state index contributed by atoms with van der Waals surface area (Å²) in [7, 11) is 0. The fraction of sp³-hybridized carbons (Fsp3) is 0.500. The lowest BCUT2D eigenvalue weighted by Gasteiger charge is -2.22. The Morgan fingerprint density at radius 3 is 2.25 bits per heavy atom. The van der Waals surface area contributed by atoms with Gasteiger partial charge < -0.3 is 10.6 Å². The fourth-order valence-corrected chi connectivity index (χ4v) is 1.85. The molecule has 0 aliphatic rings. The summed E-state index contributed by atoms with van der Waals surface area (Å²) in [6.45, 7) is 3.50. The van der Waals surface area contributed by atoms with Crippen LogP contribution >= 0.6 is 0 Å². The summed E-state index contributed by atoms with van der Waals surface area (Å²) in [5, 5.41) is 0. The van der Waals surface area contributed by atoms with E-state index in [-0.39, 0.29) is 11.5 Å². The Morgan fingerprint density at radius 1 is 1.20 bits per heavy atom. The average Bonchev–Trinajstić information content (AvgIpc) is 2.42. The van der Waals surface area contributed by atoms with Gasteiger partial charge in [0, 0.05) is 18.7 Å². The molecule has 0 aliphatic carbocycles. The highest BCUT2D eigenvalue weighted by Gasteiger charge is 2.30. The third-order valence-corrected chi connectivity index (χ3v) is 2.87. The van der Waals surface area contributed by atoms with Gasteiger partial charge in [-0.15, -0.1) is 0 Å². The van der Waals surface area contributed by atoms with Gasteiger partial charge in [0.05, 0.1) is 5.56 Å². The predicted octanol–water partition coefficient (Wildman–Crippen LogP) is 2.91. The van der Waals surface area contributed by atoms with Crippen molar-refractivity contribution in [2.75, 3.05) is 19.6 Å². The molecule has 0 aromatic heterocycles. The molecular weight excluding hydrogens is 269 g/mol. The van der Waals surface area contributed by atoms with Crippen molar-refractivity contribution in [3.05, 3.63) is 35.4 Å². The Kier molecular flexibility index (Phi) is 6.01. The van der Waals surface area contributed by atoms with E-state index in [4.69, 9.17) is 5.73 Å². The normalized spacial score (nSPS) is 11.4. The van der Waals surface area contributed by atoms with Crippen molar-refractivity contribution < 1.29 is 18.0 Å². The van der Waals surface area contributed by atoms with Gasteiger partial charge in [-0.3, -0.25) is 4.79 Å². The van der Waals surface area contributed by atoms with Gasteiger partial charge in [-0.1, -0.05) is 6.92 Å². The van der Waals surface area contributed by atoms with Crippen LogP contribution in [-0.4, -0.2) is 30.4 Å². The van der Waals surface area contributed by atoms with Crippen LogP contribution in [0.15, 0.2) is 24.3 Å². The second kappa shape index (κ2) is 7.28. The highest BCUT2D eigenvalue weighted by atomic mass is 19.4. The Bertz CT molecular complexity index is 429. The van der Waals surface area contributed by atoms with Gasteiger partial charge in [0.25, 0.3) is 5.91 Å². The predicted molar refractivity (Wildman–Crippen MR) is 71.3 cm³/mol. The Labute approximate surface area is 116 Å². The van der Waals surface area contributed by atoms with Crippen molar-refractivity contribution >= 4 is 5.91 Å². The first kappa shape index (κ1) is 16.5. The number of amides is 1. The van der Waals surface area contributed by atoms with Gasteiger partial charge in [-0.05, 0) is 43.7 Å². The third kappa shape index (κ3) is 4.52. The summed E-state index contributed by atoms with van der Waals surface area (Å²) in [5.74, 6) is -0.256. The molecule has 0 radical (unpaired) electrons. The number of nitrogens with zero attached hydrogens (tertiary/aromatic N) is 1. The van der Waals surface area contributed by atoms with E-state index in [9.17, 15) is 18.0 Å². The number of alkyl halides is 3. The number of halogens is 3. The van der Waals surface area contributed by atoms with Crippen LogP contribution in [0, 0.1) is 0 Å². The molecule has 0 bridgehead atoms. The van der Waals surface area contributed by atoms with Crippen LogP contribution in [0.1, 0.15) is 35.7 Å². The van der Waals surface area contributed by atoms with Crippen molar-refractivity contribution in [1.29, 1.82) is 0 Å². The van der Waals surface area contributed by atoms with Crippen LogP contribution in [0.25, 0.3) is 0 Å². The number of benzene rings is 1. The number of nitrogens with two attached hydrogens (primary N) is 1. The molecule has 1 amide bonds. The fourth-order valence-electron chi connectivity index (χ4n) is 1.85. The van der Waals surface area contributed by atoms with Crippen molar-refractivity contribution in [3.63, 3.8) is 0 Å². The standard InChI is InChI=1S/C14H19F3N2O/c1-2-9-19(10-3-8-18)13(20)11-4-6-12(7-5-11)14(15,16)17/h4-7H,2-3,8-10,18H2,1H3. The summed E-state index contributed by atoms with van der Waals surface area (Å²) >= 11 is 0. The molecule has 3 nitrogen and oxygen atoms in total. The first-order valence-corrected chi connectivity index (χ1v) is 6.56. The summed E-state index contributed by atoms with van der Waals surface area (Å²) in [5.41, 5.74) is 4.93. The van der Waals surface area contributed by atoms with E-state index < -0.39 is 11.7 Å². The summed E-state index contributed by atoms with van der Waals surface area (Å²) in [6.07, 6.45) is -2.92. The quantitative estimate of drug-likeness (QED) is 0.875. The largest absolute Gasteiger partial charge is 0.416 e. The molecule has 0 aliphatic heterocycles. The lowest BCUT2D eigenvalue weighted by molar-refractivity contribution is -0.137. The Hall–Kier alpha value is -1.56. The number of rotatable bonds is 6. The highest BCUT2D eigenvalue weighted by Crippen LogP contribution is 2.29. The van der Waals surface area contributed by atoms with Crippen LogP contribution in [0.3, 0.4) is 0 Å². The third-order valence-electron chi connectivity index (χ3n) is 2.87. The maximum atomic E-state index is 12.5. The van der Waals surface area contributed by atoms with Crippen molar-refractivity contribution in [1.82, 2.24) is 4.90 Å². The summed E-state index contributed by atoms with van der Waals surface area (Å²) < 4.78 is 37.4. The molecule has 0 saturated heterocycles. The summed E-state index contributed by atoms with van der Waals surface area (Å²) in [4.78, 5) is 13.8. The van der Waals surface area contributed by atoms with Crippen LogP contribution in [0.4, 0.5) is 13.2 Å². The van der Waals surface area contributed by atoms with Crippen LogP contribution < -0.4 is 5.73 Å². The minimum absolute atomic E-state index is 0.256. The molecule has 0 fully saturated rings. The molecule has 6 heteroatoms. The van der Waals surface area contributed by atoms with Gasteiger partial charge in [0.15, 0.2) is 0 Å². The van der Waals surface area contributed by atoms with Crippen molar-refractivity contribution in [2.24, 2.45) is 5.73 Å². The monoisotopic (exact) mass is 288 g/mol. The van der Waals surface area contributed by atoms with Gasteiger partial charge in [0.1, 0.15) is 0 Å². The molecule has 0 spiro atoms. The molecule has 2 N–H and O–H groups in total. The Morgan fingerprint density at radius 2 is 1.80 bits per heavy atom. The Balaban J connectivity index is 2.83. The SMILES string of the molecule is CCCN(CCCN)C(=O)c1ccc(C(F)(F)F)cc1. The molecule has 0 unspecified atom stereocenters. The maximum Gasteiger partial charge on any atom is 0.416 e. The van der Waals surface area contributed by atoms with Crippen LogP contribution in [0.2, 0.25) is 0 Å². The van der Waals surface area contributed by atoms with E-state index in [1.807, 2.05) is 6.92 Å². The molecule has 1 aromatic rings. The van der Waals surface area contributed by atoms with Gasteiger partial charge >= 0.3 is 6.18 Å². The molecule has 112 valence electrons. The zero-order valence-corrected chi connectivity index (χ0v) is 11.4.